The van der Waals surface area contributed by atoms with Gasteiger partial charge < -0.3 is 9.47 Å². The molecule has 2 aromatic carbocycles. The first-order valence-corrected chi connectivity index (χ1v) is 11.9. The lowest BCUT2D eigenvalue weighted by Gasteiger charge is -2.16. The van der Waals surface area contributed by atoms with E-state index in [4.69, 9.17) is 9.47 Å². The molecule has 0 radical (unpaired) electrons. The van der Waals surface area contributed by atoms with Crippen molar-refractivity contribution < 1.29 is 17.9 Å². The van der Waals surface area contributed by atoms with Gasteiger partial charge in [0.25, 0.3) is 0 Å². The van der Waals surface area contributed by atoms with E-state index in [1.54, 1.807) is 12.1 Å². The third-order valence-electron chi connectivity index (χ3n) is 3.18. The number of hydrogen-bond donors (Lipinski definition) is 0. The molecule has 0 aromatic heterocycles. The summed E-state index contributed by atoms with van der Waals surface area (Å²) in [4.78, 5) is 0.231. The third-order valence-corrected chi connectivity index (χ3v) is 8.37. The van der Waals surface area contributed by atoms with Gasteiger partial charge in [0, 0.05) is 0 Å². The Hall–Kier alpha value is -0.0900. The molecule has 0 heterocycles. The van der Waals surface area contributed by atoms with Crippen molar-refractivity contribution in [3.8, 4) is 11.5 Å². The van der Waals surface area contributed by atoms with Crippen LogP contribution in [0.2, 0.25) is 0 Å². The van der Waals surface area contributed by atoms with Gasteiger partial charge in [-0.3, -0.25) is 0 Å². The molecule has 0 aliphatic rings. The van der Waals surface area contributed by atoms with Gasteiger partial charge in [-0.15, -0.1) is 0 Å². The predicted molar refractivity (Wildman–Crippen MR) is 111 cm³/mol. The number of benzene rings is 2. The summed E-state index contributed by atoms with van der Waals surface area (Å²) in [5, 5.41) is 0. The van der Waals surface area contributed by atoms with Gasteiger partial charge in [0.1, 0.15) is 11.5 Å². The minimum atomic E-state index is -3.81. The van der Waals surface area contributed by atoms with Crippen LogP contribution in [-0.2, 0) is 9.84 Å². The van der Waals surface area contributed by atoms with Crippen LogP contribution in [0.25, 0.3) is 0 Å². The van der Waals surface area contributed by atoms with E-state index in [2.05, 4.69) is 63.7 Å². The van der Waals surface area contributed by atoms with Crippen LogP contribution in [0.3, 0.4) is 0 Å². The van der Waals surface area contributed by atoms with Crippen molar-refractivity contribution in [3.05, 3.63) is 42.2 Å². The van der Waals surface area contributed by atoms with Gasteiger partial charge in [0.15, 0.2) is 0 Å². The van der Waals surface area contributed by atoms with Gasteiger partial charge in [-0.25, -0.2) is 8.42 Å². The van der Waals surface area contributed by atoms with Crippen molar-refractivity contribution in [2.24, 2.45) is 0 Å². The van der Waals surface area contributed by atoms with E-state index in [0.29, 0.717) is 42.6 Å². The predicted octanol–water partition coefficient (Wildman–Crippen LogP) is 6.37. The standard InChI is InChI=1S/C16H14Br4O4S/c1-3-23-15-9(17)5-7-11(13(15)19)25(21,22)12-8-6-10(18)16(14(12)20)24-4-2/h5-8H,3-4H2,1-2H3. The minimum Gasteiger partial charge on any atom is -0.491 e. The van der Waals surface area contributed by atoms with E-state index in [1.807, 2.05) is 13.8 Å². The van der Waals surface area contributed by atoms with Crippen molar-refractivity contribution in [1.82, 2.24) is 0 Å². The molecule has 0 spiro atoms. The fourth-order valence-electron chi connectivity index (χ4n) is 2.12. The lowest BCUT2D eigenvalue weighted by atomic mass is 10.3. The molecule has 0 bridgehead atoms. The molecule has 0 saturated heterocycles. The second-order valence-electron chi connectivity index (χ2n) is 4.75. The van der Waals surface area contributed by atoms with Crippen molar-refractivity contribution in [2.75, 3.05) is 13.2 Å². The molecule has 0 aliphatic carbocycles. The van der Waals surface area contributed by atoms with E-state index >= 15 is 0 Å². The Morgan fingerprint density at radius 3 is 1.44 bits per heavy atom. The summed E-state index contributed by atoms with van der Waals surface area (Å²) >= 11 is 13.5. The maximum Gasteiger partial charge on any atom is 0.209 e. The molecular weight excluding hydrogens is 608 g/mol. The van der Waals surface area contributed by atoms with Gasteiger partial charge in [-0.1, -0.05) is 0 Å². The van der Waals surface area contributed by atoms with Crippen molar-refractivity contribution >= 4 is 73.6 Å². The Kier molecular flexibility index (Phi) is 7.41. The first-order valence-electron chi connectivity index (χ1n) is 7.22. The lowest BCUT2D eigenvalue weighted by molar-refractivity contribution is 0.334. The fraction of sp³-hybridized carbons (Fsp3) is 0.250. The molecule has 9 heteroatoms. The highest BCUT2D eigenvalue weighted by atomic mass is 79.9. The largest absolute Gasteiger partial charge is 0.491 e. The van der Waals surface area contributed by atoms with Crippen molar-refractivity contribution in [1.29, 1.82) is 0 Å². The van der Waals surface area contributed by atoms with Crippen LogP contribution in [0.4, 0.5) is 0 Å². The quantitative estimate of drug-likeness (QED) is 0.377. The van der Waals surface area contributed by atoms with Gasteiger partial charge >= 0.3 is 0 Å². The van der Waals surface area contributed by atoms with Crippen LogP contribution >= 0.6 is 63.7 Å². The first kappa shape index (κ1) is 21.2. The van der Waals surface area contributed by atoms with Crippen LogP contribution in [0.15, 0.2) is 51.9 Å². The molecule has 0 atom stereocenters. The molecule has 136 valence electrons. The maximum atomic E-state index is 13.2. The van der Waals surface area contributed by atoms with Crippen LogP contribution < -0.4 is 9.47 Å². The number of rotatable bonds is 6. The number of sulfone groups is 1. The van der Waals surface area contributed by atoms with E-state index in [1.165, 1.54) is 12.1 Å². The molecule has 2 rings (SSSR count). The molecule has 0 N–H and O–H groups in total. The number of hydrogen-bond acceptors (Lipinski definition) is 4. The monoisotopic (exact) mass is 618 g/mol. The number of ether oxygens (including phenoxy) is 2. The molecular formula is C16H14Br4O4S. The Labute approximate surface area is 180 Å². The van der Waals surface area contributed by atoms with Crippen LogP contribution in [0.1, 0.15) is 13.8 Å². The summed E-state index contributed by atoms with van der Waals surface area (Å²) in [5.41, 5.74) is 0. The van der Waals surface area contributed by atoms with E-state index in [0.717, 1.165) is 0 Å². The zero-order valence-electron chi connectivity index (χ0n) is 13.3. The summed E-state index contributed by atoms with van der Waals surface area (Å²) in [5.74, 6) is 0.892. The van der Waals surface area contributed by atoms with Crippen LogP contribution in [0, 0.1) is 0 Å². The zero-order valence-corrected chi connectivity index (χ0v) is 20.4. The van der Waals surface area contributed by atoms with Gasteiger partial charge in [0.05, 0.1) is 40.9 Å². The summed E-state index contributed by atoms with van der Waals surface area (Å²) in [6.45, 7) is 4.49. The smallest absolute Gasteiger partial charge is 0.209 e. The van der Waals surface area contributed by atoms with E-state index in [9.17, 15) is 8.42 Å². The minimum absolute atomic E-state index is 0.115. The second kappa shape index (κ2) is 8.73. The fourth-order valence-corrected chi connectivity index (χ4v) is 7.13. The molecule has 4 nitrogen and oxygen atoms in total. The highest BCUT2D eigenvalue weighted by Gasteiger charge is 2.28. The molecule has 0 aliphatic heterocycles. The highest BCUT2D eigenvalue weighted by molar-refractivity contribution is 9.11. The summed E-state index contributed by atoms with van der Waals surface area (Å²) in [6.07, 6.45) is 0. The van der Waals surface area contributed by atoms with E-state index < -0.39 is 9.84 Å². The molecule has 0 saturated carbocycles. The van der Waals surface area contributed by atoms with Gasteiger partial charge in [-0.2, -0.15) is 0 Å². The second-order valence-corrected chi connectivity index (χ2v) is 9.93. The highest BCUT2D eigenvalue weighted by Crippen LogP contribution is 2.44. The Balaban J connectivity index is 2.69. The maximum absolute atomic E-state index is 13.2. The zero-order chi connectivity index (χ0) is 18.8. The van der Waals surface area contributed by atoms with Gasteiger partial charge in [-0.05, 0) is 102 Å². The van der Waals surface area contributed by atoms with E-state index in [-0.39, 0.29) is 9.79 Å². The Bertz CT molecular complexity index is 830. The van der Waals surface area contributed by atoms with Gasteiger partial charge in [0.2, 0.25) is 9.84 Å². The summed E-state index contributed by atoms with van der Waals surface area (Å²) in [7, 11) is -3.81. The molecule has 0 amide bonds. The summed E-state index contributed by atoms with van der Waals surface area (Å²) < 4.78 is 39.6. The SMILES string of the molecule is CCOc1c(Br)ccc(S(=O)(=O)c2ccc(Br)c(OCC)c2Br)c1Br. The molecule has 0 unspecified atom stereocenters. The molecule has 0 fully saturated rings. The normalized spacial score (nSPS) is 11.4. The molecule has 25 heavy (non-hydrogen) atoms. The Morgan fingerprint density at radius 1 is 0.760 bits per heavy atom. The third kappa shape index (κ3) is 4.26. The van der Waals surface area contributed by atoms with Crippen LogP contribution in [-0.4, -0.2) is 21.6 Å². The average molecular weight is 622 g/mol. The lowest BCUT2D eigenvalue weighted by Crippen LogP contribution is -2.07. The first-order chi connectivity index (χ1) is 11.8. The Morgan fingerprint density at radius 2 is 1.12 bits per heavy atom. The molecule has 2 aromatic rings. The topological polar surface area (TPSA) is 52.6 Å². The number of halogens is 4. The summed E-state index contributed by atoms with van der Waals surface area (Å²) in [6, 6.07) is 6.36. The average Bonchev–Trinajstić information content (AvgIpc) is 2.54. The van der Waals surface area contributed by atoms with Crippen molar-refractivity contribution in [2.45, 2.75) is 23.6 Å². The van der Waals surface area contributed by atoms with Crippen molar-refractivity contribution in [3.63, 3.8) is 0 Å². The van der Waals surface area contributed by atoms with Crippen LogP contribution in [0.5, 0.6) is 11.5 Å².